The van der Waals surface area contributed by atoms with Crippen molar-refractivity contribution in [2.75, 3.05) is 33.8 Å². The highest BCUT2D eigenvalue weighted by Gasteiger charge is 2.62. The lowest BCUT2D eigenvalue weighted by molar-refractivity contribution is -0.261. The zero-order valence-electron chi connectivity index (χ0n) is 16.8. The molecule has 1 amide bonds. The Labute approximate surface area is 169 Å². The van der Waals surface area contributed by atoms with Crippen LogP contribution in [0.1, 0.15) is 31.2 Å². The zero-order valence-corrected chi connectivity index (χ0v) is 16.8. The Balaban J connectivity index is 1.68. The summed E-state index contributed by atoms with van der Waals surface area (Å²) in [6.45, 7) is 2.25. The number of methoxy groups -OCH3 is 1. The van der Waals surface area contributed by atoms with E-state index >= 15 is 0 Å². The van der Waals surface area contributed by atoms with Crippen molar-refractivity contribution >= 4 is 5.91 Å². The minimum absolute atomic E-state index is 0.143. The minimum Gasteiger partial charge on any atom is -0.497 e. The van der Waals surface area contributed by atoms with Crippen LogP contribution in [-0.2, 0) is 10.4 Å². The molecule has 1 saturated carbocycles. The average molecular weight is 414 g/mol. The van der Waals surface area contributed by atoms with Crippen LogP contribution in [0, 0.1) is 17.8 Å². The number of hydrogen-bond acceptors (Lipinski definition) is 4. The maximum absolute atomic E-state index is 13.8. The molecular weight excluding hydrogens is 385 g/mol. The lowest BCUT2D eigenvalue weighted by Crippen LogP contribution is -2.56. The number of rotatable bonds is 6. The summed E-state index contributed by atoms with van der Waals surface area (Å²) in [6.07, 6.45) is -1.04. The fourth-order valence-electron chi connectivity index (χ4n) is 4.64. The molecule has 2 aliphatic rings. The number of nitrogens with zero attached hydrogens (tertiary/aromatic N) is 1. The molecule has 2 fully saturated rings. The van der Waals surface area contributed by atoms with Crippen LogP contribution in [0.3, 0.4) is 0 Å². The van der Waals surface area contributed by atoms with E-state index in [9.17, 15) is 23.1 Å². The summed E-state index contributed by atoms with van der Waals surface area (Å²) in [5.41, 5.74) is -4.14. The highest BCUT2D eigenvalue weighted by molar-refractivity contribution is 5.87. The molecule has 1 aromatic carbocycles. The average Bonchev–Trinajstić information content (AvgIpc) is 2.68. The Hall–Kier alpha value is -1.80. The van der Waals surface area contributed by atoms with E-state index in [1.165, 1.54) is 26.3 Å². The molecule has 1 aromatic rings. The highest BCUT2D eigenvalue weighted by Crippen LogP contribution is 2.44. The van der Waals surface area contributed by atoms with E-state index in [0.717, 1.165) is 55.8 Å². The topological polar surface area (TPSA) is 61.8 Å². The SMILES string of the molecule is COc1cccc([C@@](O)(C(=O)N(C)CC2CC(C3CCNCC3)C2)C(F)(F)F)c1. The van der Waals surface area contributed by atoms with Gasteiger partial charge in [-0.3, -0.25) is 4.79 Å². The van der Waals surface area contributed by atoms with Gasteiger partial charge in [-0.15, -0.1) is 0 Å². The van der Waals surface area contributed by atoms with Gasteiger partial charge in [0.05, 0.1) is 7.11 Å². The van der Waals surface area contributed by atoms with E-state index in [-0.39, 0.29) is 18.2 Å². The predicted octanol–water partition coefficient (Wildman–Crippen LogP) is 2.93. The van der Waals surface area contributed by atoms with Gasteiger partial charge >= 0.3 is 6.18 Å². The molecule has 1 aliphatic carbocycles. The molecule has 1 atom stereocenters. The fourth-order valence-corrected chi connectivity index (χ4v) is 4.64. The lowest BCUT2D eigenvalue weighted by atomic mass is 9.66. The molecule has 1 saturated heterocycles. The normalized spacial score (nSPS) is 25.0. The standard InChI is InChI=1S/C21H29F3N2O3/c1-26(13-14-10-16(11-14)15-6-8-25-9-7-15)19(27)20(28,21(22,23)24)17-4-3-5-18(12-17)29-2/h3-5,12,14-16,25,28H,6-11,13H2,1-2H3/t14?,16?,20-/m1/s1. The molecule has 3 rings (SSSR count). The second-order valence-corrected chi connectivity index (χ2v) is 8.31. The number of carbonyl (C=O) groups excluding carboxylic acids is 1. The van der Waals surface area contributed by atoms with Gasteiger partial charge in [0.15, 0.2) is 0 Å². The molecule has 5 nitrogen and oxygen atoms in total. The summed E-state index contributed by atoms with van der Waals surface area (Å²) >= 11 is 0. The number of benzene rings is 1. The Morgan fingerprint density at radius 3 is 2.48 bits per heavy atom. The van der Waals surface area contributed by atoms with Gasteiger partial charge in [0.25, 0.3) is 11.5 Å². The number of likely N-dealkylation sites (N-methyl/N-ethyl adjacent to an activating group) is 1. The quantitative estimate of drug-likeness (QED) is 0.752. The number of alkyl halides is 3. The summed E-state index contributed by atoms with van der Waals surface area (Å²) in [7, 11) is 2.65. The summed E-state index contributed by atoms with van der Waals surface area (Å²) < 4.78 is 46.4. The third kappa shape index (κ3) is 4.38. The first-order valence-corrected chi connectivity index (χ1v) is 10.1. The molecule has 29 heavy (non-hydrogen) atoms. The van der Waals surface area contributed by atoms with Crippen LogP contribution in [0.4, 0.5) is 13.2 Å². The van der Waals surface area contributed by atoms with Crippen molar-refractivity contribution in [1.82, 2.24) is 10.2 Å². The smallest absolute Gasteiger partial charge is 0.430 e. The first kappa shape index (κ1) is 21.9. The van der Waals surface area contributed by atoms with Crippen molar-refractivity contribution in [3.8, 4) is 5.75 Å². The highest BCUT2D eigenvalue weighted by atomic mass is 19.4. The van der Waals surface area contributed by atoms with Crippen molar-refractivity contribution in [3.05, 3.63) is 29.8 Å². The van der Waals surface area contributed by atoms with Crippen LogP contribution in [0.25, 0.3) is 0 Å². The zero-order chi connectivity index (χ0) is 21.2. The molecule has 0 aromatic heterocycles. The molecule has 1 heterocycles. The first-order valence-electron chi connectivity index (χ1n) is 10.1. The monoisotopic (exact) mass is 414 g/mol. The van der Waals surface area contributed by atoms with Crippen LogP contribution < -0.4 is 10.1 Å². The van der Waals surface area contributed by atoms with Gasteiger partial charge in [-0.2, -0.15) is 13.2 Å². The van der Waals surface area contributed by atoms with Crippen LogP contribution >= 0.6 is 0 Å². The second kappa shape index (κ2) is 8.52. The number of hydrogen-bond donors (Lipinski definition) is 2. The summed E-state index contributed by atoms with van der Waals surface area (Å²) in [5.74, 6) is 0.211. The van der Waals surface area contributed by atoms with Gasteiger partial charge in [0.2, 0.25) is 0 Å². The minimum atomic E-state index is -5.15. The third-order valence-corrected chi connectivity index (χ3v) is 6.41. The van der Waals surface area contributed by atoms with E-state index in [0.29, 0.717) is 11.8 Å². The van der Waals surface area contributed by atoms with E-state index < -0.39 is 23.2 Å². The first-order chi connectivity index (χ1) is 13.7. The summed E-state index contributed by atoms with van der Waals surface area (Å²) in [5, 5.41) is 13.9. The maximum Gasteiger partial charge on any atom is 0.430 e. The molecule has 1 aliphatic heterocycles. The molecule has 0 radical (unpaired) electrons. The molecule has 0 spiro atoms. The van der Waals surface area contributed by atoms with E-state index in [1.54, 1.807) is 0 Å². The number of halogens is 3. The van der Waals surface area contributed by atoms with E-state index in [2.05, 4.69) is 5.32 Å². The van der Waals surface area contributed by atoms with Gasteiger partial charge in [-0.25, -0.2) is 0 Å². The number of ether oxygens (including phenoxy) is 1. The maximum atomic E-state index is 13.8. The number of carbonyl (C=O) groups is 1. The fraction of sp³-hybridized carbons (Fsp3) is 0.667. The summed E-state index contributed by atoms with van der Waals surface area (Å²) in [4.78, 5) is 13.8. The Bertz CT molecular complexity index is 715. The number of nitrogens with one attached hydrogen (secondary N) is 1. The molecular formula is C21H29F3N2O3. The van der Waals surface area contributed by atoms with E-state index in [4.69, 9.17) is 4.74 Å². The van der Waals surface area contributed by atoms with Crippen LogP contribution in [0.15, 0.2) is 24.3 Å². The van der Waals surface area contributed by atoms with Crippen LogP contribution in [-0.4, -0.2) is 55.9 Å². The van der Waals surface area contributed by atoms with Crippen molar-refractivity contribution in [2.45, 2.75) is 37.5 Å². The lowest BCUT2D eigenvalue weighted by Gasteiger charge is -2.44. The summed E-state index contributed by atoms with van der Waals surface area (Å²) in [6, 6.07) is 4.94. The number of amides is 1. The Kier molecular flexibility index (Phi) is 6.43. The molecule has 8 heteroatoms. The van der Waals surface area contributed by atoms with Crippen LogP contribution in [0.5, 0.6) is 5.75 Å². The van der Waals surface area contributed by atoms with Gasteiger partial charge in [0.1, 0.15) is 5.75 Å². The van der Waals surface area contributed by atoms with Gasteiger partial charge < -0.3 is 20.1 Å². The van der Waals surface area contributed by atoms with Gasteiger partial charge in [-0.1, -0.05) is 12.1 Å². The van der Waals surface area contributed by atoms with Gasteiger partial charge in [-0.05, 0) is 68.7 Å². The molecule has 162 valence electrons. The van der Waals surface area contributed by atoms with Gasteiger partial charge in [0, 0.05) is 19.2 Å². The van der Waals surface area contributed by atoms with Crippen molar-refractivity contribution in [3.63, 3.8) is 0 Å². The van der Waals surface area contributed by atoms with Crippen molar-refractivity contribution in [2.24, 2.45) is 17.8 Å². The van der Waals surface area contributed by atoms with Crippen molar-refractivity contribution < 1.29 is 27.8 Å². The number of aliphatic hydroxyl groups is 1. The predicted molar refractivity (Wildman–Crippen MR) is 102 cm³/mol. The Morgan fingerprint density at radius 2 is 1.90 bits per heavy atom. The Morgan fingerprint density at radius 1 is 1.24 bits per heavy atom. The van der Waals surface area contributed by atoms with E-state index in [1.807, 2.05) is 0 Å². The van der Waals surface area contributed by atoms with Crippen LogP contribution in [0.2, 0.25) is 0 Å². The number of piperidine rings is 1. The van der Waals surface area contributed by atoms with Crippen molar-refractivity contribution in [1.29, 1.82) is 0 Å². The molecule has 0 unspecified atom stereocenters. The third-order valence-electron chi connectivity index (χ3n) is 6.41. The largest absolute Gasteiger partial charge is 0.497 e. The second-order valence-electron chi connectivity index (χ2n) is 8.31. The molecule has 2 N–H and O–H groups in total. The molecule has 0 bridgehead atoms.